The molecule has 0 spiro atoms. The second-order valence-electron chi connectivity index (χ2n) is 14.2. The van der Waals surface area contributed by atoms with Gasteiger partial charge in [0.25, 0.3) is 0 Å². The average molecular weight is 687 g/mol. The van der Waals surface area contributed by atoms with Gasteiger partial charge in [-0.05, 0) is 93.9 Å². The number of nitrogens with zero attached hydrogens (tertiary/aromatic N) is 4. The van der Waals surface area contributed by atoms with Gasteiger partial charge in [0.15, 0.2) is 0 Å². The van der Waals surface area contributed by atoms with E-state index in [-0.39, 0.29) is 0 Å². The zero-order valence-corrected chi connectivity index (χ0v) is 29.1. The Morgan fingerprint density at radius 2 is 0.963 bits per heavy atom. The van der Waals surface area contributed by atoms with Crippen molar-refractivity contribution in [2.24, 2.45) is 0 Å². The third-order valence-corrected chi connectivity index (χ3v) is 11.3. The van der Waals surface area contributed by atoms with E-state index in [1.165, 1.54) is 71.2 Å². The van der Waals surface area contributed by atoms with Crippen molar-refractivity contribution in [2.75, 3.05) is 0 Å². The fourth-order valence-corrected chi connectivity index (χ4v) is 8.92. The van der Waals surface area contributed by atoms with Crippen molar-refractivity contribution in [3.8, 4) is 56.1 Å². The van der Waals surface area contributed by atoms with Gasteiger partial charge in [-0.3, -0.25) is 9.97 Å². The summed E-state index contributed by atoms with van der Waals surface area (Å²) in [5.41, 5.74) is 16.0. The van der Waals surface area contributed by atoms with E-state index in [2.05, 4.69) is 179 Å². The Morgan fingerprint density at radius 3 is 1.70 bits per heavy atom. The smallest absolute Gasteiger partial charge is 0.0977 e. The van der Waals surface area contributed by atoms with Crippen LogP contribution in [0.25, 0.3) is 111 Å². The largest absolute Gasteiger partial charge is 0.309 e. The summed E-state index contributed by atoms with van der Waals surface area (Å²) in [5.74, 6) is 0. The lowest BCUT2D eigenvalue weighted by Gasteiger charge is -2.11. The zero-order valence-electron chi connectivity index (χ0n) is 29.1. The molecule has 4 aromatic heterocycles. The summed E-state index contributed by atoms with van der Waals surface area (Å²) in [5, 5.41) is 7.31. The highest BCUT2D eigenvalue weighted by Crippen LogP contribution is 2.46. The van der Waals surface area contributed by atoms with E-state index in [0.29, 0.717) is 0 Å². The fourth-order valence-electron chi connectivity index (χ4n) is 8.92. The van der Waals surface area contributed by atoms with Crippen LogP contribution in [0.2, 0.25) is 0 Å². The van der Waals surface area contributed by atoms with Gasteiger partial charge in [0.2, 0.25) is 0 Å². The van der Waals surface area contributed by atoms with Gasteiger partial charge in [0.05, 0.1) is 45.3 Å². The van der Waals surface area contributed by atoms with Gasteiger partial charge in [0, 0.05) is 44.4 Å². The molecule has 250 valence electrons. The van der Waals surface area contributed by atoms with Gasteiger partial charge in [-0.25, -0.2) is 0 Å². The van der Waals surface area contributed by atoms with Crippen LogP contribution in [0, 0.1) is 0 Å². The number of aromatic nitrogens is 4. The number of benzene rings is 7. The first-order chi connectivity index (χ1) is 26.8. The molecule has 0 fully saturated rings. The molecule has 1 aliphatic carbocycles. The van der Waals surface area contributed by atoms with Crippen molar-refractivity contribution in [1.82, 2.24) is 19.1 Å². The molecule has 4 nitrogen and oxygen atoms in total. The number of pyridine rings is 2. The molecule has 0 atom stereocenters. The summed E-state index contributed by atoms with van der Waals surface area (Å²) in [6.45, 7) is 0. The van der Waals surface area contributed by atoms with E-state index < -0.39 is 0 Å². The van der Waals surface area contributed by atoms with Gasteiger partial charge in [-0.2, -0.15) is 0 Å². The quantitative estimate of drug-likeness (QED) is 0.185. The standard InChI is InChI=1S/C50H30N4/c1-2-10-31(11-3-1)33-13-8-14-36(26-33)53-44-18-6-4-15-38(44)41-27-34(20-22-46(41)53)35-21-23-47-42(28-35)39-16-5-7-19-45(39)54(47)37-29-43-40-17-9-12-32-24-25-51-50(48(32)40)49(43)52-30-37/h1-30H. The maximum atomic E-state index is 5.05. The molecule has 0 radical (unpaired) electrons. The van der Waals surface area contributed by atoms with Gasteiger partial charge in [0.1, 0.15) is 0 Å². The molecular formula is C50H30N4. The Morgan fingerprint density at radius 1 is 0.352 bits per heavy atom. The first-order valence-electron chi connectivity index (χ1n) is 18.4. The van der Waals surface area contributed by atoms with Crippen molar-refractivity contribution >= 4 is 54.4 Å². The molecule has 0 unspecified atom stereocenters. The minimum atomic E-state index is 0.953. The SMILES string of the molecule is c1ccc(-c2cccc(-n3c4ccccc4c4cc(-c5ccc6c(c5)c5ccccc5n6-c5cnc6c(c5)-c5cccc7ccnc-6c57)ccc43)c2)cc1. The van der Waals surface area contributed by atoms with Crippen LogP contribution in [0.1, 0.15) is 0 Å². The van der Waals surface area contributed by atoms with Crippen molar-refractivity contribution in [2.45, 2.75) is 0 Å². The molecule has 0 aliphatic heterocycles. The summed E-state index contributed by atoms with van der Waals surface area (Å²) in [6.07, 6.45) is 3.89. The number of rotatable bonds is 4. The van der Waals surface area contributed by atoms with Crippen LogP contribution >= 0.6 is 0 Å². The summed E-state index contributed by atoms with van der Waals surface area (Å²) in [7, 11) is 0. The highest BCUT2D eigenvalue weighted by molar-refractivity contribution is 6.15. The molecule has 12 rings (SSSR count). The Bertz CT molecular complexity index is 3330. The first-order valence-corrected chi connectivity index (χ1v) is 18.4. The van der Waals surface area contributed by atoms with Gasteiger partial charge < -0.3 is 9.13 Å². The summed E-state index contributed by atoms with van der Waals surface area (Å²) >= 11 is 0. The van der Waals surface area contributed by atoms with Crippen molar-refractivity contribution in [3.63, 3.8) is 0 Å². The molecule has 7 aromatic carbocycles. The Hall–Kier alpha value is -7.30. The molecule has 0 amide bonds. The van der Waals surface area contributed by atoms with Crippen LogP contribution in [0.15, 0.2) is 182 Å². The highest BCUT2D eigenvalue weighted by Gasteiger charge is 2.25. The maximum Gasteiger partial charge on any atom is 0.0977 e. The van der Waals surface area contributed by atoms with Gasteiger partial charge in [-0.15, -0.1) is 0 Å². The monoisotopic (exact) mass is 686 g/mol. The molecule has 4 heteroatoms. The molecule has 4 heterocycles. The molecule has 0 saturated heterocycles. The average Bonchev–Trinajstić information content (AvgIpc) is 3.87. The third kappa shape index (κ3) is 4.13. The molecule has 11 aromatic rings. The normalized spacial score (nSPS) is 12.1. The molecule has 54 heavy (non-hydrogen) atoms. The lowest BCUT2D eigenvalue weighted by atomic mass is 10.0. The number of fused-ring (bicyclic) bond motifs is 9. The maximum absolute atomic E-state index is 5.05. The van der Waals surface area contributed by atoms with E-state index in [1.54, 1.807) is 0 Å². The van der Waals surface area contributed by atoms with E-state index in [0.717, 1.165) is 39.4 Å². The second-order valence-corrected chi connectivity index (χ2v) is 14.2. The lowest BCUT2D eigenvalue weighted by molar-refractivity contribution is 1.14. The van der Waals surface area contributed by atoms with E-state index >= 15 is 0 Å². The second kappa shape index (κ2) is 11.1. The van der Waals surface area contributed by atoms with Crippen LogP contribution in [-0.4, -0.2) is 19.1 Å². The fraction of sp³-hybridized carbons (Fsp3) is 0. The van der Waals surface area contributed by atoms with Crippen LogP contribution in [0.4, 0.5) is 0 Å². The first kappa shape index (κ1) is 29.3. The summed E-state index contributed by atoms with van der Waals surface area (Å²) < 4.78 is 4.76. The van der Waals surface area contributed by atoms with Crippen LogP contribution in [-0.2, 0) is 0 Å². The van der Waals surface area contributed by atoms with Crippen LogP contribution in [0.5, 0.6) is 0 Å². The van der Waals surface area contributed by atoms with Gasteiger partial charge in [-0.1, -0.05) is 109 Å². The molecule has 0 saturated carbocycles. The Labute approximate surface area is 310 Å². The van der Waals surface area contributed by atoms with Crippen molar-refractivity contribution in [1.29, 1.82) is 0 Å². The third-order valence-electron chi connectivity index (χ3n) is 11.3. The van der Waals surface area contributed by atoms with Crippen molar-refractivity contribution < 1.29 is 0 Å². The van der Waals surface area contributed by atoms with Crippen molar-refractivity contribution in [3.05, 3.63) is 182 Å². The minimum absolute atomic E-state index is 0.953. The Kier molecular flexibility index (Phi) is 6.02. The zero-order chi connectivity index (χ0) is 35.3. The number of hydrogen-bond donors (Lipinski definition) is 0. The Balaban J connectivity index is 1.01. The number of hydrogen-bond acceptors (Lipinski definition) is 2. The summed E-state index contributed by atoms with van der Waals surface area (Å²) in [4.78, 5) is 9.79. The van der Waals surface area contributed by atoms with E-state index in [4.69, 9.17) is 9.97 Å². The predicted octanol–water partition coefficient (Wildman–Crippen LogP) is 12.8. The van der Waals surface area contributed by atoms with Crippen LogP contribution in [0.3, 0.4) is 0 Å². The minimum Gasteiger partial charge on any atom is -0.309 e. The highest BCUT2D eigenvalue weighted by atomic mass is 15.0. The molecular weight excluding hydrogens is 657 g/mol. The van der Waals surface area contributed by atoms with Crippen LogP contribution < -0.4 is 0 Å². The van der Waals surface area contributed by atoms with E-state index in [1.807, 2.05) is 12.4 Å². The molecule has 0 bridgehead atoms. The topological polar surface area (TPSA) is 35.6 Å². The summed E-state index contributed by atoms with van der Waals surface area (Å²) in [6, 6.07) is 61.6. The molecule has 0 N–H and O–H groups in total. The predicted molar refractivity (Wildman–Crippen MR) is 224 cm³/mol. The van der Waals surface area contributed by atoms with Gasteiger partial charge >= 0.3 is 0 Å². The molecule has 1 aliphatic rings. The number of para-hydroxylation sites is 2. The van der Waals surface area contributed by atoms with E-state index in [9.17, 15) is 0 Å². The lowest BCUT2D eigenvalue weighted by Crippen LogP contribution is -1.96.